The third-order valence-corrected chi connectivity index (χ3v) is 12.5. The summed E-state index contributed by atoms with van der Waals surface area (Å²) in [6.45, 7) is 24.2. The lowest BCUT2D eigenvalue weighted by Crippen LogP contribution is -2.15. The van der Waals surface area contributed by atoms with Gasteiger partial charge in [0.05, 0.1) is 0 Å². The molecular formula is C60H64S. The number of hydrogen-bond acceptors (Lipinski definition) is 1. The standard InChI is InChI=1S/C21H20.C15H16.C12H8S.C8H10.C4H10/c1-13-9-10-17-18(11-13)21(3,4)19-12-14(2)15-7-5-6-8-16(15)20(17)19;1-3-13-9-5-7-11-15(13)14-10-6-4-8-12(14)2;1-3-7-11-9(5-1)10-6-2-4-8-12(10)13-11;1-7-3-5-8(2)6-4-7;1-4(2)3/h5-12H,1-4H3;4-11H,3H2,1-2H3;1-8H;3-6H,1-2H3;4H,1-3H3. The van der Waals surface area contributed by atoms with Gasteiger partial charge in [0.15, 0.2) is 0 Å². The van der Waals surface area contributed by atoms with Crippen LogP contribution in [0, 0.1) is 40.5 Å². The second-order valence-corrected chi connectivity index (χ2v) is 18.7. The van der Waals surface area contributed by atoms with Crippen LogP contribution in [0.2, 0.25) is 0 Å². The van der Waals surface area contributed by atoms with Crippen LogP contribution in [0.4, 0.5) is 0 Å². The molecule has 0 radical (unpaired) electrons. The Labute approximate surface area is 371 Å². The summed E-state index contributed by atoms with van der Waals surface area (Å²) >= 11 is 1.86. The Morgan fingerprint density at radius 2 is 0.885 bits per heavy atom. The number of rotatable bonds is 2. The molecule has 9 aromatic rings. The minimum atomic E-state index is 0.0888. The molecule has 1 aliphatic carbocycles. The fourth-order valence-corrected chi connectivity index (χ4v) is 9.26. The molecule has 8 aromatic carbocycles. The number of benzene rings is 8. The smallest absolute Gasteiger partial charge is 0.0355 e. The summed E-state index contributed by atoms with van der Waals surface area (Å²) in [5.74, 6) is 0.833. The normalized spacial score (nSPS) is 11.9. The molecule has 0 atom stereocenters. The molecule has 0 amide bonds. The van der Waals surface area contributed by atoms with Gasteiger partial charge in [-0.15, -0.1) is 11.3 Å². The fraction of sp³-hybridized carbons (Fsp3) is 0.233. The van der Waals surface area contributed by atoms with Gasteiger partial charge in [-0.25, -0.2) is 0 Å². The van der Waals surface area contributed by atoms with Gasteiger partial charge in [0.2, 0.25) is 0 Å². The molecule has 1 heterocycles. The summed E-state index contributed by atoms with van der Waals surface area (Å²) in [5.41, 5.74) is 16.8. The van der Waals surface area contributed by atoms with Crippen LogP contribution in [0.3, 0.4) is 0 Å². The van der Waals surface area contributed by atoms with E-state index in [0.717, 1.165) is 12.3 Å². The lowest BCUT2D eigenvalue weighted by Gasteiger charge is -2.22. The third kappa shape index (κ3) is 10.6. The van der Waals surface area contributed by atoms with Gasteiger partial charge in [-0.1, -0.05) is 216 Å². The zero-order valence-electron chi connectivity index (χ0n) is 38.4. The van der Waals surface area contributed by atoms with Gasteiger partial charge in [0, 0.05) is 25.6 Å². The van der Waals surface area contributed by atoms with E-state index in [0.29, 0.717) is 0 Å². The van der Waals surface area contributed by atoms with Crippen molar-refractivity contribution in [2.75, 3.05) is 0 Å². The van der Waals surface area contributed by atoms with Crippen LogP contribution in [-0.2, 0) is 11.8 Å². The molecule has 0 unspecified atom stereocenters. The Hall–Kier alpha value is -5.76. The third-order valence-electron chi connectivity index (χ3n) is 11.4. The molecule has 0 nitrogen and oxygen atoms in total. The monoisotopic (exact) mass is 816 g/mol. The van der Waals surface area contributed by atoms with Crippen molar-refractivity contribution in [1.82, 2.24) is 0 Å². The molecule has 0 N–H and O–H groups in total. The topological polar surface area (TPSA) is 0 Å². The van der Waals surface area contributed by atoms with E-state index in [4.69, 9.17) is 0 Å². The number of hydrogen-bond donors (Lipinski definition) is 0. The van der Waals surface area contributed by atoms with Gasteiger partial charge in [0.1, 0.15) is 0 Å². The van der Waals surface area contributed by atoms with Crippen molar-refractivity contribution < 1.29 is 0 Å². The van der Waals surface area contributed by atoms with Gasteiger partial charge in [0.25, 0.3) is 0 Å². The van der Waals surface area contributed by atoms with Crippen molar-refractivity contribution in [2.24, 2.45) is 5.92 Å². The minimum Gasteiger partial charge on any atom is -0.135 e. The predicted molar refractivity (Wildman–Crippen MR) is 273 cm³/mol. The Morgan fingerprint density at radius 1 is 0.426 bits per heavy atom. The Morgan fingerprint density at radius 3 is 1.44 bits per heavy atom. The molecule has 10 rings (SSSR count). The van der Waals surface area contributed by atoms with Crippen molar-refractivity contribution in [3.8, 4) is 22.3 Å². The molecule has 0 spiro atoms. The molecule has 0 bridgehead atoms. The van der Waals surface area contributed by atoms with E-state index in [9.17, 15) is 0 Å². The van der Waals surface area contributed by atoms with Gasteiger partial charge in [-0.05, 0) is 120 Å². The van der Waals surface area contributed by atoms with Gasteiger partial charge < -0.3 is 0 Å². The first kappa shape index (κ1) is 44.8. The van der Waals surface area contributed by atoms with Gasteiger partial charge in [-0.2, -0.15) is 0 Å². The Kier molecular flexibility index (Phi) is 14.8. The number of fused-ring (bicyclic) bond motifs is 8. The van der Waals surface area contributed by atoms with Crippen LogP contribution in [0.15, 0.2) is 170 Å². The summed E-state index contributed by atoms with van der Waals surface area (Å²) in [4.78, 5) is 0. The molecule has 0 saturated heterocycles. The van der Waals surface area contributed by atoms with Crippen LogP contribution in [0.25, 0.3) is 53.2 Å². The maximum atomic E-state index is 2.40. The lowest BCUT2D eigenvalue weighted by molar-refractivity contribution is 0.659. The van der Waals surface area contributed by atoms with E-state index in [1.807, 2.05) is 11.3 Å². The SMILES string of the molecule is CC(C)C.CCc1ccccc1-c1ccccc1C.Cc1ccc(C)cc1.Cc1ccc2c(c1)C(C)(C)c1cc(C)c3ccccc3c1-2.c1ccc2c(c1)sc1ccccc12. The van der Waals surface area contributed by atoms with Gasteiger partial charge >= 0.3 is 0 Å². The van der Waals surface area contributed by atoms with E-state index in [2.05, 4.69) is 246 Å². The highest BCUT2D eigenvalue weighted by molar-refractivity contribution is 7.25. The van der Waals surface area contributed by atoms with Crippen molar-refractivity contribution in [1.29, 1.82) is 0 Å². The molecule has 1 heteroatoms. The Bertz CT molecular complexity index is 2770. The first-order valence-electron chi connectivity index (χ1n) is 22.0. The second kappa shape index (κ2) is 20.2. The van der Waals surface area contributed by atoms with Crippen molar-refractivity contribution >= 4 is 42.3 Å². The summed E-state index contributed by atoms with van der Waals surface area (Å²) in [6, 6.07) is 60.9. The molecule has 1 aliphatic rings. The molecule has 0 aliphatic heterocycles. The molecule has 0 fully saturated rings. The molecule has 310 valence electrons. The molecule has 0 saturated carbocycles. The van der Waals surface area contributed by atoms with E-state index >= 15 is 0 Å². The van der Waals surface area contributed by atoms with E-state index in [1.54, 1.807) is 0 Å². The summed E-state index contributed by atoms with van der Waals surface area (Å²) in [5, 5.41) is 5.52. The van der Waals surface area contributed by atoms with Crippen LogP contribution in [0.1, 0.15) is 86.1 Å². The van der Waals surface area contributed by atoms with Crippen molar-refractivity contribution in [2.45, 2.75) is 88.0 Å². The molecular weight excluding hydrogens is 753 g/mol. The number of thiophene rings is 1. The zero-order chi connectivity index (χ0) is 43.7. The average Bonchev–Trinajstić information content (AvgIpc) is 3.74. The highest BCUT2D eigenvalue weighted by Crippen LogP contribution is 2.52. The minimum absolute atomic E-state index is 0.0888. The predicted octanol–water partition coefficient (Wildman–Crippen LogP) is 18.0. The van der Waals surface area contributed by atoms with E-state index in [1.165, 1.54) is 97.7 Å². The van der Waals surface area contributed by atoms with Gasteiger partial charge in [-0.3, -0.25) is 0 Å². The van der Waals surface area contributed by atoms with E-state index in [-0.39, 0.29) is 5.41 Å². The Balaban J connectivity index is 0.000000138. The van der Waals surface area contributed by atoms with Crippen LogP contribution >= 0.6 is 11.3 Å². The van der Waals surface area contributed by atoms with Crippen LogP contribution < -0.4 is 0 Å². The largest absolute Gasteiger partial charge is 0.135 e. The summed E-state index contributed by atoms with van der Waals surface area (Å²) in [6.07, 6.45) is 1.09. The fourth-order valence-electron chi connectivity index (χ4n) is 8.16. The first-order valence-corrected chi connectivity index (χ1v) is 22.8. The highest BCUT2D eigenvalue weighted by Gasteiger charge is 2.36. The first-order chi connectivity index (χ1) is 29.3. The zero-order valence-corrected chi connectivity index (χ0v) is 39.2. The quantitative estimate of drug-likeness (QED) is 0.163. The molecule has 61 heavy (non-hydrogen) atoms. The van der Waals surface area contributed by atoms with Crippen molar-refractivity contribution in [3.63, 3.8) is 0 Å². The second-order valence-electron chi connectivity index (χ2n) is 17.6. The maximum Gasteiger partial charge on any atom is 0.0355 e. The maximum absolute atomic E-state index is 2.40. The number of aryl methyl sites for hydroxylation is 6. The highest BCUT2D eigenvalue weighted by atomic mass is 32.1. The van der Waals surface area contributed by atoms with Crippen molar-refractivity contribution in [3.05, 3.63) is 214 Å². The van der Waals surface area contributed by atoms with Crippen LogP contribution in [-0.4, -0.2) is 0 Å². The molecule has 1 aromatic heterocycles. The van der Waals surface area contributed by atoms with Crippen LogP contribution in [0.5, 0.6) is 0 Å². The lowest BCUT2D eigenvalue weighted by atomic mass is 9.81. The van der Waals surface area contributed by atoms with E-state index < -0.39 is 0 Å². The summed E-state index contributed by atoms with van der Waals surface area (Å²) in [7, 11) is 0. The average molecular weight is 817 g/mol. The summed E-state index contributed by atoms with van der Waals surface area (Å²) < 4.78 is 2.76.